The topological polar surface area (TPSA) is 53.6 Å². The second-order valence-corrected chi connectivity index (χ2v) is 15.6. The number of unbranched alkanes of at least 4 members (excludes halogenated alkanes) is 1. The van der Waals surface area contributed by atoms with Crippen molar-refractivity contribution in [2.45, 2.75) is 128 Å². The Bertz CT molecular complexity index is 842. The predicted molar refractivity (Wildman–Crippen MR) is 177 cm³/mol. The van der Waals surface area contributed by atoms with Gasteiger partial charge in [0.2, 0.25) is 0 Å². The average molecular weight is 589 g/mol. The van der Waals surface area contributed by atoms with Gasteiger partial charge in [-0.05, 0) is 93.9 Å². The fourth-order valence-electron chi connectivity index (χ4n) is 8.16. The Labute approximate surface area is 258 Å². The summed E-state index contributed by atoms with van der Waals surface area (Å²) < 4.78 is 0. The van der Waals surface area contributed by atoms with E-state index in [2.05, 4.69) is 88.1 Å². The Hall–Kier alpha value is -2.06. The van der Waals surface area contributed by atoms with E-state index in [1.54, 1.807) is 9.80 Å². The van der Waals surface area contributed by atoms with Crippen LogP contribution in [0.5, 0.6) is 0 Å². The minimum absolute atomic E-state index is 0.0551. The van der Waals surface area contributed by atoms with Crippen LogP contribution in [-0.4, -0.2) is 130 Å². The van der Waals surface area contributed by atoms with E-state index in [1.165, 1.54) is 0 Å². The molecule has 2 saturated heterocycles. The summed E-state index contributed by atoms with van der Waals surface area (Å²) in [5.74, 6) is 0. The average Bonchev–Trinajstić information content (AvgIpc) is 2.84. The summed E-state index contributed by atoms with van der Waals surface area (Å²) in [6.45, 7) is 29.3. The molecule has 0 saturated carbocycles. The molecule has 0 N–H and O–H groups in total. The number of carbonyl (C=O) groups is 2. The Kier molecular flexibility index (Phi) is 11.8. The van der Waals surface area contributed by atoms with E-state index < -0.39 is 0 Å². The fraction of sp³-hybridized carbons (Fsp3) is 0.824. The first-order chi connectivity index (χ1) is 19.2. The molecule has 42 heavy (non-hydrogen) atoms. The van der Waals surface area contributed by atoms with Crippen LogP contribution in [0.25, 0.3) is 0 Å². The van der Waals surface area contributed by atoms with Crippen LogP contribution in [0.3, 0.4) is 0 Å². The van der Waals surface area contributed by atoms with Crippen LogP contribution in [0.4, 0.5) is 9.59 Å². The SMILES string of the molecule is C=CCN1C(C)(C)CC(N(CCCCN(C(=O)N(C)C)C2CC(C)(C)N(CC=C)C(C)(C)C2)C(=O)N(C)C)CC1(C)C. The molecule has 0 aromatic rings. The third-order valence-electron chi connectivity index (χ3n) is 9.67. The molecule has 4 amide bonds. The first kappa shape index (κ1) is 36.1. The number of urea groups is 2. The van der Waals surface area contributed by atoms with Gasteiger partial charge in [-0.25, -0.2) is 9.59 Å². The molecule has 2 heterocycles. The molecule has 8 nitrogen and oxygen atoms in total. The van der Waals surface area contributed by atoms with Crippen molar-refractivity contribution in [2.75, 3.05) is 54.4 Å². The highest BCUT2D eigenvalue weighted by Crippen LogP contribution is 2.42. The lowest BCUT2D eigenvalue weighted by Crippen LogP contribution is -2.65. The molecule has 2 aliphatic heterocycles. The zero-order valence-electron chi connectivity index (χ0n) is 29.3. The summed E-state index contributed by atoms with van der Waals surface area (Å²) in [5, 5.41) is 0. The molecule has 2 aliphatic rings. The third-order valence-corrected chi connectivity index (χ3v) is 9.67. The lowest BCUT2D eigenvalue weighted by atomic mass is 9.76. The van der Waals surface area contributed by atoms with Gasteiger partial charge in [0.25, 0.3) is 0 Å². The van der Waals surface area contributed by atoms with Gasteiger partial charge >= 0.3 is 12.1 Å². The number of nitrogens with zero attached hydrogens (tertiary/aromatic N) is 6. The lowest BCUT2D eigenvalue weighted by Gasteiger charge is -2.57. The Morgan fingerprint density at radius 1 is 0.619 bits per heavy atom. The molecule has 8 heteroatoms. The van der Waals surface area contributed by atoms with E-state index in [-0.39, 0.29) is 46.3 Å². The molecule has 0 bridgehead atoms. The first-order valence-corrected chi connectivity index (χ1v) is 15.9. The van der Waals surface area contributed by atoms with Gasteiger partial charge in [0.15, 0.2) is 0 Å². The molecule has 242 valence electrons. The Balaban J connectivity index is 2.21. The highest BCUT2D eigenvalue weighted by Gasteiger charge is 2.48. The van der Waals surface area contributed by atoms with Crippen molar-refractivity contribution in [3.05, 3.63) is 25.3 Å². The van der Waals surface area contributed by atoms with E-state index in [9.17, 15) is 9.59 Å². The number of rotatable bonds is 11. The monoisotopic (exact) mass is 589 g/mol. The van der Waals surface area contributed by atoms with Crippen molar-refractivity contribution in [1.29, 1.82) is 0 Å². The number of amides is 4. The third kappa shape index (κ3) is 8.31. The summed E-state index contributed by atoms with van der Waals surface area (Å²) in [6.07, 6.45) is 9.35. The summed E-state index contributed by atoms with van der Waals surface area (Å²) in [6, 6.07) is 0.452. The van der Waals surface area contributed by atoms with Crippen molar-refractivity contribution in [2.24, 2.45) is 0 Å². The summed E-state index contributed by atoms with van der Waals surface area (Å²) in [4.78, 5) is 39.7. The van der Waals surface area contributed by atoms with Gasteiger partial charge in [-0.2, -0.15) is 0 Å². The Morgan fingerprint density at radius 3 is 1.10 bits per heavy atom. The van der Waals surface area contributed by atoms with Gasteiger partial charge < -0.3 is 19.6 Å². The summed E-state index contributed by atoms with van der Waals surface area (Å²) in [7, 11) is 7.38. The standard InChI is InChI=1S/C34H64N6O2/c1-15-19-39-31(3,4)23-27(24-32(39,5)6)37(29(41)35(11)12)21-17-18-22-38(30(42)36(13)14)28-25-33(7,8)40(20-16-2)34(9,10)26-28/h15-16,27-28H,1-2,17-26H2,3-14H3. The van der Waals surface area contributed by atoms with E-state index >= 15 is 0 Å². The largest absolute Gasteiger partial charge is 0.331 e. The molecule has 0 radical (unpaired) electrons. The van der Waals surface area contributed by atoms with Crippen molar-refractivity contribution in [3.63, 3.8) is 0 Å². The number of likely N-dealkylation sites (tertiary alicyclic amines) is 2. The van der Waals surface area contributed by atoms with Gasteiger partial charge in [-0.3, -0.25) is 9.80 Å². The van der Waals surface area contributed by atoms with Crippen LogP contribution >= 0.6 is 0 Å². The van der Waals surface area contributed by atoms with Gasteiger partial charge in [-0.1, -0.05) is 12.2 Å². The molecule has 0 aromatic heterocycles. The van der Waals surface area contributed by atoms with E-state index in [0.717, 1.165) is 51.6 Å². The molecule has 2 rings (SSSR count). The fourth-order valence-corrected chi connectivity index (χ4v) is 8.16. The maximum atomic E-state index is 13.5. The van der Waals surface area contributed by atoms with Crippen LogP contribution in [0.15, 0.2) is 25.3 Å². The molecule has 0 atom stereocenters. The van der Waals surface area contributed by atoms with Gasteiger partial charge in [0.1, 0.15) is 0 Å². The minimum atomic E-state index is -0.0551. The summed E-state index contributed by atoms with van der Waals surface area (Å²) in [5.41, 5.74) is -0.220. The zero-order valence-corrected chi connectivity index (χ0v) is 29.3. The minimum Gasteiger partial charge on any atom is -0.331 e. The smallest absolute Gasteiger partial charge is 0.319 e. The number of hydrogen-bond acceptors (Lipinski definition) is 4. The maximum Gasteiger partial charge on any atom is 0.319 e. The molecule has 0 aromatic carbocycles. The first-order valence-electron chi connectivity index (χ1n) is 15.9. The molecular formula is C34H64N6O2. The highest BCUT2D eigenvalue weighted by atomic mass is 16.2. The number of hydrogen-bond donors (Lipinski definition) is 0. The van der Waals surface area contributed by atoms with Crippen LogP contribution in [-0.2, 0) is 0 Å². The van der Waals surface area contributed by atoms with Gasteiger partial charge in [0.05, 0.1) is 0 Å². The molecule has 0 aliphatic carbocycles. The van der Waals surface area contributed by atoms with Crippen LogP contribution in [0.2, 0.25) is 0 Å². The predicted octanol–water partition coefficient (Wildman–Crippen LogP) is 6.15. The van der Waals surface area contributed by atoms with Crippen LogP contribution in [0.1, 0.15) is 93.9 Å². The van der Waals surface area contributed by atoms with Crippen LogP contribution < -0.4 is 0 Å². The number of carbonyl (C=O) groups excluding carboxylic acids is 2. The maximum absolute atomic E-state index is 13.5. The quantitative estimate of drug-likeness (QED) is 0.215. The van der Waals surface area contributed by atoms with E-state index in [4.69, 9.17) is 0 Å². The van der Waals surface area contributed by atoms with E-state index in [1.807, 2.05) is 40.3 Å². The van der Waals surface area contributed by atoms with Crippen molar-refractivity contribution in [3.8, 4) is 0 Å². The lowest BCUT2D eigenvalue weighted by molar-refractivity contribution is -0.0537. The molecule has 0 spiro atoms. The van der Waals surface area contributed by atoms with Crippen molar-refractivity contribution in [1.82, 2.24) is 29.4 Å². The van der Waals surface area contributed by atoms with Crippen LogP contribution in [0, 0.1) is 0 Å². The normalized spacial score (nSPS) is 22.3. The second-order valence-electron chi connectivity index (χ2n) is 15.6. The second kappa shape index (κ2) is 13.7. The molecule has 0 unspecified atom stereocenters. The Morgan fingerprint density at radius 2 is 0.881 bits per heavy atom. The van der Waals surface area contributed by atoms with Crippen molar-refractivity contribution < 1.29 is 9.59 Å². The molecule has 2 fully saturated rings. The highest BCUT2D eigenvalue weighted by molar-refractivity contribution is 5.74. The van der Waals surface area contributed by atoms with E-state index in [0.29, 0.717) is 13.1 Å². The molecular weight excluding hydrogens is 524 g/mol. The summed E-state index contributed by atoms with van der Waals surface area (Å²) >= 11 is 0. The van der Waals surface area contributed by atoms with Crippen molar-refractivity contribution >= 4 is 12.1 Å². The zero-order chi connectivity index (χ0) is 32.3. The van der Waals surface area contributed by atoms with Gasteiger partial charge in [-0.15, -0.1) is 13.2 Å². The van der Waals surface area contributed by atoms with Gasteiger partial charge in [0, 0.05) is 88.6 Å². The number of piperidine rings is 2.